The Balaban J connectivity index is 1.85. The second-order valence-electron chi connectivity index (χ2n) is 31.7. The van der Waals surface area contributed by atoms with E-state index in [1.54, 1.807) is 6.08 Å². The Morgan fingerprint density at radius 3 is 0.980 bits per heavy atom. The second kappa shape index (κ2) is 79.2. The minimum Gasteiger partial charge on any atom is -0.466 e. The first-order valence-electron chi connectivity index (χ1n) is 45.1. The monoisotopic (exact) mass is 1430 g/mol. The summed E-state index contributed by atoms with van der Waals surface area (Å²) in [7, 11) is 0. The molecule has 0 aromatic rings. The van der Waals surface area contributed by atoms with Gasteiger partial charge in [-0.25, -0.2) is 0 Å². The van der Waals surface area contributed by atoms with E-state index in [0.717, 1.165) is 51.4 Å². The van der Waals surface area contributed by atoms with Crippen LogP contribution in [-0.2, 0) is 23.8 Å². The smallest absolute Gasteiger partial charge is 0.305 e. The maximum absolute atomic E-state index is 13.1. The molecular formula is C90H173NO10. The Bertz CT molecular complexity index is 1730. The molecule has 0 radical (unpaired) electrons. The van der Waals surface area contributed by atoms with Crippen LogP contribution in [0.15, 0.2) is 24.3 Å². The van der Waals surface area contributed by atoms with Crippen molar-refractivity contribution in [2.24, 2.45) is 0 Å². The van der Waals surface area contributed by atoms with E-state index in [1.165, 1.54) is 398 Å². The largest absolute Gasteiger partial charge is 0.466 e. The van der Waals surface area contributed by atoms with Crippen molar-refractivity contribution in [1.29, 1.82) is 0 Å². The number of carbonyl (C=O) groups excluding carboxylic acids is 2. The fourth-order valence-corrected chi connectivity index (χ4v) is 14.8. The Labute approximate surface area is 626 Å². The van der Waals surface area contributed by atoms with Crippen molar-refractivity contribution in [2.45, 2.75) is 519 Å². The predicted molar refractivity (Wildman–Crippen MR) is 431 cm³/mol. The quantitative estimate of drug-likeness (QED) is 0.0195. The number of esters is 1. The summed E-state index contributed by atoms with van der Waals surface area (Å²) in [6.45, 7) is 4.41. The van der Waals surface area contributed by atoms with Crippen molar-refractivity contribution in [3.8, 4) is 0 Å². The van der Waals surface area contributed by atoms with Crippen molar-refractivity contribution < 1.29 is 49.3 Å². The summed E-state index contributed by atoms with van der Waals surface area (Å²) in [6.07, 6.45) is 94.0. The number of rotatable bonds is 82. The summed E-state index contributed by atoms with van der Waals surface area (Å²) in [6, 6.07) is -0.823. The summed E-state index contributed by atoms with van der Waals surface area (Å²) in [4.78, 5) is 25.3. The van der Waals surface area contributed by atoms with Crippen LogP contribution in [-0.4, -0.2) is 100 Å². The Morgan fingerprint density at radius 2 is 0.644 bits per heavy atom. The van der Waals surface area contributed by atoms with Crippen LogP contribution in [0, 0.1) is 0 Å². The minimum atomic E-state index is -1.57. The third-order valence-electron chi connectivity index (χ3n) is 21.8. The predicted octanol–water partition coefficient (Wildman–Crippen LogP) is 25.4. The van der Waals surface area contributed by atoms with Crippen LogP contribution >= 0.6 is 0 Å². The molecule has 7 atom stereocenters. The Morgan fingerprint density at radius 1 is 0.356 bits per heavy atom. The summed E-state index contributed by atoms with van der Waals surface area (Å²) < 4.78 is 16.8. The van der Waals surface area contributed by atoms with Crippen molar-refractivity contribution in [3.63, 3.8) is 0 Å². The number of aliphatic hydroxyl groups is 5. The number of hydrogen-bond donors (Lipinski definition) is 6. The van der Waals surface area contributed by atoms with E-state index < -0.39 is 49.5 Å². The lowest BCUT2D eigenvalue weighted by Crippen LogP contribution is -2.60. The van der Waals surface area contributed by atoms with Gasteiger partial charge in [0.1, 0.15) is 24.4 Å². The molecular weight excluding hydrogens is 1250 g/mol. The molecule has 0 aromatic carbocycles. The molecule has 0 bridgehead atoms. The standard InChI is InChI=1S/C90H173NO10/c1-3-5-7-9-11-13-15-17-19-20-42-46-50-54-58-62-66-70-74-78-86(95)99-79-75-71-67-63-59-55-51-47-44-41-39-37-35-33-31-29-27-25-23-21-22-24-26-28-30-32-34-36-38-40-43-45-49-53-57-61-65-69-73-77-85(94)91-82(81-100-90-89(98)88(97)87(96)84(80-92)101-90)83(93)76-72-68-64-60-56-52-48-18-16-14-12-10-8-6-4-2/h56,60,72,76,82-84,87-90,92-93,96-98H,3-55,57-59,61-71,73-75,77-81H2,1-2H3,(H,91,94)/b60-56+,76-72+. The number of amides is 1. The van der Waals surface area contributed by atoms with Gasteiger partial charge in [0.25, 0.3) is 0 Å². The molecule has 0 aromatic heterocycles. The molecule has 1 heterocycles. The van der Waals surface area contributed by atoms with E-state index in [0.29, 0.717) is 19.4 Å². The summed E-state index contributed by atoms with van der Waals surface area (Å²) in [5.74, 6) is -0.158. The van der Waals surface area contributed by atoms with Crippen LogP contribution in [0.3, 0.4) is 0 Å². The zero-order valence-corrected chi connectivity index (χ0v) is 67.2. The number of hydrogen-bond acceptors (Lipinski definition) is 10. The van der Waals surface area contributed by atoms with Gasteiger partial charge in [-0.3, -0.25) is 9.59 Å². The minimum absolute atomic E-state index is 0.0243. The van der Waals surface area contributed by atoms with Crippen LogP contribution < -0.4 is 5.32 Å². The van der Waals surface area contributed by atoms with Gasteiger partial charge in [-0.1, -0.05) is 443 Å². The SMILES string of the molecule is CCCCCCCCCCC/C=C/CC/C=C/C(O)C(COC1OC(CO)C(O)C(O)C1O)NC(=O)CCCCCCCCCCCCCCCCCCCCCCCCCCCCCCCCCCCCCCCCCOC(=O)CCCCCCCCCCCCCCCCCCCCC. The Kier molecular flexibility index (Phi) is 76.2. The lowest BCUT2D eigenvalue weighted by atomic mass is 9.99. The van der Waals surface area contributed by atoms with Gasteiger partial charge in [-0.15, -0.1) is 0 Å². The van der Waals surface area contributed by atoms with Crippen LogP contribution in [0.25, 0.3) is 0 Å². The van der Waals surface area contributed by atoms with Crippen LogP contribution in [0.1, 0.15) is 476 Å². The third kappa shape index (κ3) is 67.2. The highest BCUT2D eigenvalue weighted by Crippen LogP contribution is 2.25. The van der Waals surface area contributed by atoms with E-state index in [1.807, 2.05) is 6.08 Å². The molecule has 1 amide bonds. The van der Waals surface area contributed by atoms with Crippen LogP contribution in [0.2, 0.25) is 0 Å². The zero-order valence-electron chi connectivity index (χ0n) is 67.2. The molecule has 1 fully saturated rings. The number of nitrogens with one attached hydrogen (secondary N) is 1. The molecule has 11 nitrogen and oxygen atoms in total. The average molecular weight is 1430 g/mol. The third-order valence-corrected chi connectivity index (χ3v) is 21.8. The molecule has 6 N–H and O–H groups in total. The van der Waals surface area contributed by atoms with Gasteiger partial charge < -0.3 is 45.1 Å². The first-order valence-corrected chi connectivity index (χ1v) is 45.1. The second-order valence-corrected chi connectivity index (χ2v) is 31.7. The van der Waals surface area contributed by atoms with Gasteiger partial charge in [0.05, 0.1) is 32.0 Å². The highest BCUT2D eigenvalue weighted by molar-refractivity contribution is 5.76. The number of carbonyl (C=O) groups is 2. The molecule has 1 aliphatic heterocycles. The molecule has 7 unspecified atom stereocenters. The van der Waals surface area contributed by atoms with Crippen LogP contribution in [0.5, 0.6) is 0 Å². The lowest BCUT2D eigenvalue weighted by Gasteiger charge is -2.40. The van der Waals surface area contributed by atoms with Gasteiger partial charge >= 0.3 is 5.97 Å². The van der Waals surface area contributed by atoms with Gasteiger partial charge in [0.2, 0.25) is 5.91 Å². The van der Waals surface area contributed by atoms with Crippen molar-refractivity contribution in [2.75, 3.05) is 19.8 Å². The summed E-state index contributed by atoms with van der Waals surface area (Å²) >= 11 is 0. The van der Waals surface area contributed by atoms with E-state index in [9.17, 15) is 35.1 Å². The molecule has 1 saturated heterocycles. The number of ether oxygens (including phenoxy) is 3. The topological polar surface area (TPSA) is 175 Å². The van der Waals surface area contributed by atoms with Gasteiger partial charge in [0.15, 0.2) is 6.29 Å². The maximum Gasteiger partial charge on any atom is 0.305 e. The molecule has 1 rings (SSSR count). The number of unbranched alkanes of at least 4 members (excludes halogenated alkanes) is 66. The highest BCUT2D eigenvalue weighted by Gasteiger charge is 2.44. The van der Waals surface area contributed by atoms with Crippen molar-refractivity contribution in [3.05, 3.63) is 24.3 Å². The first kappa shape index (κ1) is 97.2. The van der Waals surface area contributed by atoms with E-state index >= 15 is 0 Å². The molecule has 0 spiro atoms. The number of allylic oxidation sites excluding steroid dienone is 3. The van der Waals surface area contributed by atoms with Gasteiger partial charge in [-0.2, -0.15) is 0 Å². The van der Waals surface area contributed by atoms with Gasteiger partial charge in [0, 0.05) is 12.8 Å². The molecule has 0 aliphatic carbocycles. The fraction of sp³-hybridized carbons (Fsp3) is 0.933. The van der Waals surface area contributed by atoms with Crippen molar-refractivity contribution in [1.82, 2.24) is 5.32 Å². The normalized spacial score (nSPS) is 17.1. The van der Waals surface area contributed by atoms with Gasteiger partial charge in [-0.05, 0) is 44.9 Å². The first-order chi connectivity index (χ1) is 49.7. The lowest BCUT2D eigenvalue weighted by molar-refractivity contribution is -0.302. The zero-order chi connectivity index (χ0) is 72.9. The molecule has 598 valence electrons. The fourth-order valence-electron chi connectivity index (χ4n) is 14.8. The molecule has 11 heteroatoms. The summed E-state index contributed by atoms with van der Waals surface area (Å²) in [5.41, 5.74) is 0. The molecule has 1 aliphatic rings. The Hall–Kier alpha value is -1.86. The molecule has 0 saturated carbocycles. The summed E-state index contributed by atoms with van der Waals surface area (Å²) in [5, 5.41) is 54.7. The van der Waals surface area contributed by atoms with E-state index in [-0.39, 0.29) is 18.5 Å². The highest BCUT2D eigenvalue weighted by atomic mass is 16.7. The van der Waals surface area contributed by atoms with E-state index in [2.05, 4.69) is 31.3 Å². The molecule has 101 heavy (non-hydrogen) atoms. The van der Waals surface area contributed by atoms with Crippen molar-refractivity contribution >= 4 is 11.9 Å². The average Bonchev–Trinajstić information content (AvgIpc) is 0.830. The maximum atomic E-state index is 13.1. The van der Waals surface area contributed by atoms with Crippen LogP contribution in [0.4, 0.5) is 0 Å². The number of aliphatic hydroxyl groups excluding tert-OH is 5. The van der Waals surface area contributed by atoms with E-state index in [4.69, 9.17) is 14.2 Å².